The van der Waals surface area contributed by atoms with Crippen LogP contribution in [0.1, 0.15) is 34.4 Å². The molecule has 0 aliphatic carbocycles. The fourth-order valence-corrected chi connectivity index (χ4v) is 2.25. The van der Waals surface area contributed by atoms with E-state index in [1.807, 2.05) is 38.6 Å². The van der Waals surface area contributed by atoms with Crippen molar-refractivity contribution >= 4 is 0 Å². The molecule has 0 spiro atoms. The number of hydrogen-bond donors (Lipinski definition) is 2. The third-order valence-electron chi connectivity index (χ3n) is 3.23. The van der Waals surface area contributed by atoms with Crippen LogP contribution in [0.2, 0.25) is 0 Å². The zero-order chi connectivity index (χ0) is 14.0. The van der Waals surface area contributed by atoms with Gasteiger partial charge in [0.2, 0.25) is 0 Å². The second-order valence-electron chi connectivity index (χ2n) is 4.85. The molecule has 2 aromatic heterocycles. The number of rotatable bonds is 4. The predicted molar refractivity (Wildman–Crippen MR) is 73.2 cm³/mol. The lowest BCUT2D eigenvalue weighted by molar-refractivity contribution is 0.523. The predicted octanol–water partition coefficient (Wildman–Crippen LogP) is 0.882. The second kappa shape index (κ2) is 5.46. The van der Waals surface area contributed by atoms with E-state index in [4.69, 9.17) is 5.84 Å². The number of hydrogen-bond acceptors (Lipinski definition) is 5. The second-order valence-corrected chi connectivity index (χ2v) is 4.85. The van der Waals surface area contributed by atoms with Gasteiger partial charge in [0.1, 0.15) is 0 Å². The first-order valence-corrected chi connectivity index (χ1v) is 6.27. The SMILES string of the molecule is Cc1cc(C(Cc2cc(C)nn2C)NN)c(C)nn1. The molecule has 1 unspecified atom stereocenters. The topological polar surface area (TPSA) is 81.7 Å². The maximum absolute atomic E-state index is 5.70. The first-order chi connectivity index (χ1) is 9.01. The lowest BCUT2D eigenvalue weighted by atomic mass is 10.0. The van der Waals surface area contributed by atoms with Gasteiger partial charge in [-0.25, -0.2) is 0 Å². The standard InChI is InChI=1S/C13H20N6/c1-8-6-12(10(3)17-16-8)13(15-14)7-11-5-9(2)18-19(11)4/h5-6,13,15H,7,14H2,1-4H3. The van der Waals surface area contributed by atoms with Crippen molar-refractivity contribution in [3.63, 3.8) is 0 Å². The van der Waals surface area contributed by atoms with Crippen LogP contribution in [0.4, 0.5) is 0 Å². The molecular weight excluding hydrogens is 240 g/mol. The molecule has 2 rings (SSSR count). The van der Waals surface area contributed by atoms with Crippen molar-refractivity contribution in [2.75, 3.05) is 0 Å². The number of aromatic nitrogens is 4. The largest absolute Gasteiger partial charge is 0.272 e. The summed E-state index contributed by atoms with van der Waals surface area (Å²) in [5, 5.41) is 12.5. The minimum Gasteiger partial charge on any atom is -0.272 e. The van der Waals surface area contributed by atoms with E-state index < -0.39 is 0 Å². The van der Waals surface area contributed by atoms with Crippen LogP contribution in [-0.4, -0.2) is 20.0 Å². The van der Waals surface area contributed by atoms with Gasteiger partial charge in [0.05, 0.1) is 23.1 Å². The molecule has 102 valence electrons. The van der Waals surface area contributed by atoms with Gasteiger partial charge in [-0.1, -0.05) is 0 Å². The van der Waals surface area contributed by atoms with Gasteiger partial charge in [0, 0.05) is 19.2 Å². The van der Waals surface area contributed by atoms with Crippen LogP contribution in [0.15, 0.2) is 12.1 Å². The molecule has 6 nitrogen and oxygen atoms in total. The third-order valence-corrected chi connectivity index (χ3v) is 3.23. The van der Waals surface area contributed by atoms with Crippen molar-refractivity contribution in [2.24, 2.45) is 12.9 Å². The first kappa shape index (κ1) is 13.6. The summed E-state index contributed by atoms with van der Waals surface area (Å²) in [7, 11) is 1.94. The van der Waals surface area contributed by atoms with Crippen molar-refractivity contribution in [3.8, 4) is 0 Å². The molecular formula is C13H20N6. The summed E-state index contributed by atoms with van der Waals surface area (Å²) in [5.41, 5.74) is 7.87. The maximum atomic E-state index is 5.70. The molecule has 0 bridgehead atoms. The summed E-state index contributed by atoms with van der Waals surface area (Å²) in [5.74, 6) is 5.70. The maximum Gasteiger partial charge on any atom is 0.0648 e. The highest BCUT2D eigenvalue weighted by Crippen LogP contribution is 2.20. The van der Waals surface area contributed by atoms with E-state index in [1.54, 1.807) is 0 Å². The van der Waals surface area contributed by atoms with Gasteiger partial charge < -0.3 is 0 Å². The van der Waals surface area contributed by atoms with Crippen molar-refractivity contribution < 1.29 is 0 Å². The van der Waals surface area contributed by atoms with E-state index in [1.165, 1.54) is 0 Å². The molecule has 0 saturated heterocycles. The van der Waals surface area contributed by atoms with Crippen LogP contribution in [0.25, 0.3) is 0 Å². The van der Waals surface area contributed by atoms with Gasteiger partial charge in [0.25, 0.3) is 0 Å². The Morgan fingerprint density at radius 3 is 2.53 bits per heavy atom. The van der Waals surface area contributed by atoms with Crippen LogP contribution in [0.3, 0.4) is 0 Å². The van der Waals surface area contributed by atoms with Gasteiger partial charge in [-0.05, 0) is 38.5 Å². The average Bonchev–Trinajstić information content (AvgIpc) is 2.68. The highest BCUT2D eigenvalue weighted by molar-refractivity contribution is 5.25. The quantitative estimate of drug-likeness (QED) is 0.630. The molecule has 0 aliphatic rings. The number of aryl methyl sites for hydroxylation is 4. The monoisotopic (exact) mass is 260 g/mol. The smallest absolute Gasteiger partial charge is 0.0648 e. The summed E-state index contributed by atoms with van der Waals surface area (Å²) in [6.45, 7) is 5.86. The molecule has 2 heterocycles. The Kier molecular flexibility index (Phi) is 3.92. The molecule has 19 heavy (non-hydrogen) atoms. The molecule has 3 N–H and O–H groups in total. The van der Waals surface area contributed by atoms with Crippen LogP contribution in [0.5, 0.6) is 0 Å². The summed E-state index contributed by atoms with van der Waals surface area (Å²) >= 11 is 0. The van der Waals surface area contributed by atoms with Crippen molar-refractivity contribution in [1.29, 1.82) is 0 Å². The molecule has 0 aromatic carbocycles. The fraction of sp³-hybridized carbons (Fsp3) is 0.462. The number of nitrogens with one attached hydrogen (secondary N) is 1. The minimum atomic E-state index is 0.00370. The van der Waals surface area contributed by atoms with E-state index in [9.17, 15) is 0 Å². The number of nitrogens with zero attached hydrogens (tertiary/aromatic N) is 4. The Morgan fingerprint density at radius 2 is 1.95 bits per heavy atom. The zero-order valence-electron chi connectivity index (χ0n) is 11.8. The summed E-state index contributed by atoms with van der Waals surface area (Å²) in [4.78, 5) is 0. The molecule has 0 aliphatic heterocycles. The fourth-order valence-electron chi connectivity index (χ4n) is 2.25. The van der Waals surface area contributed by atoms with Crippen LogP contribution in [0, 0.1) is 20.8 Å². The van der Waals surface area contributed by atoms with Crippen LogP contribution < -0.4 is 11.3 Å². The Morgan fingerprint density at radius 1 is 1.21 bits per heavy atom. The molecule has 1 atom stereocenters. The van der Waals surface area contributed by atoms with E-state index in [0.29, 0.717) is 0 Å². The normalized spacial score (nSPS) is 12.7. The summed E-state index contributed by atoms with van der Waals surface area (Å²) in [6.07, 6.45) is 0.764. The molecule has 0 saturated carbocycles. The summed E-state index contributed by atoms with van der Waals surface area (Å²) in [6, 6.07) is 4.10. The Labute approximate surface area is 113 Å². The third kappa shape index (κ3) is 2.97. The Hall–Kier alpha value is -1.79. The molecule has 0 amide bonds. The lowest BCUT2D eigenvalue weighted by Crippen LogP contribution is -2.31. The van der Waals surface area contributed by atoms with Gasteiger partial charge in [-0.15, -0.1) is 0 Å². The Balaban J connectivity index is 2.30. The minimum absolute atomic E-state index is 0.00370. The molecule has 0 fully saturated rings. The van der Waals surface area contributed by atoms with E-state index >= 15 is 0 Å². The van der Waals surface area contributed by atoms with E-state index in [2.05, 4.69) is 26.8 Å². The van der Waals surface area contributed by atoms with Gasteiger partial charge in [-0.2, -0.15) is 15.3 Å². The van der Waals surface area contributed by atoms with Crippen LogP contribution in [-0.2, 0) is 13.5 Å². The Bertz CT molecular complexity index is 575. The van der Waals surface area contributed by atoms with Crippen molar-refractivity contribution in [1.82, 2.24) is 25.4 Å². The lowest BCUT2D eigenvalue weighted by Gasteiger charge is -2.18. The van der Waals surface area contributed by atoms with Gasteiger partial charge in [0.15, 0.2) is 0 Å². The van der Waals surface area contributed by atoms with E-state index in [-0.39, 0.29) is 6.04 Å². The molecule has 0 radical (unpaired) electrons. The average molecular weight is 260 g/mol. The van der Waals surface area contributed by atoms with Gasteiger partial charge in [-0.3, -0.25) is 16.0 Å². The van der Waals surface area contributed by atoms with E-state index in [0.717, 1.165) is 34.8 Å². The van der Waals surface area contributed by atoms with Crippen molar-refractivity contribution in [3.05, 3.63) is 40.5 Å². The molecule has 2 aromatic rings. The van der Waals surface area contributed by atoms with Crippen LogP contribution >= 0.6 is 0 Å². The zero-order valence-corrected chi connectivity index (χ0v) is 11.8. The summed E-state index contributed by atoms with van der Waals surface area (Å²) < 4.78 is 1.89. The van der Waals surface area contributed by atoms with Crippen molar-refractivity contribution in [2.45, 2.75) is 33.2 Å². The van der Waals surface area contributed by atoms with Gasteiger partial charge >= 0.3 is 0 Å². The first-order valence-electron chi connectivity index (χ1n) is 6.27. The molecule has 6 heteroatoms. The number of hydrazine groups is 1. The number of nitrogens with two attached hydrogens (primary N) is 1. The highest BCUT2D eigenvalue weighted by Gasteiger charge is 2.16. The highest BCUT2D eigenvalue weighted by atomic mass is 15.3.